The van der Waals surface area contributed by atoms with Crippen molar-refractivity contribution in [1.29, 1.82) is 10.5 Å². The summed E-state index contributed by atoms with van der Waals surface area (Å²) in [7, 11) is 1.02. The third kappa shape index (κ3) is 5.23. The van der Waals surface area contributed by atoms with Crippen molar-refractivity contribution in [3.05, 3.63) is 59.2 Å². The summed E-state index contributed by atoms with van der Waals surface area (Å²) in [5.74, 6) is -3.46. The van der Waals surface area contributed by atoms with E-state index in [1.54, 1.807) is 0 Å². The van der Waals surface area contributed by atoms with Gasteiger partial charge < -0.3 is 19.9 Å². The Morgan fingerprint density at radius 3 is 2.31 bits per heavy atom. The molecule has 150 valence electrons. The highest BCUT2D eigenvalue weighted by Gasteiger charge is 2.39. The molecule has 1 atom stereocenters. The number of benzene rings is 2. The minimum atomic E-state index is -4.80. The van der Waals surface area contributed by atoms with Crippen molar-refractivity contribution in [2.75, 3.05) is 19.0 Å². The van der Waals surface area contributed by atoms with E-state index in [9.17, 15) is 23.1 Å². The minimum Gasteiger partial charge on any atom is -0.487 e. The second-order valence-electron chi connectivity index (χ2n) is 5.74. The van der Waals surface area contributed by atoms with Gasteiger partial charge in [0.15, 0.2) is 6.61 Å². The molecule has 2 N–H and O–H groups in total. The van der Waals surface area contributed by atoms with Crippen LogP contribution in [0.5, 0.6) is 5.75 Å². The number of aliphatic hydroxyl groups is 1. The third-order valence-electron chi connectivity index (χ3n) is 3.81. The van der Waals surface area contributed by atoms with Crippen LogP contribution in [0.1, 0.15) is 16.7 Å². The predicted molar refractivity (Wildman–Crippen MR) is 93.4 cm³/mol. The SMILES string of the molecule is CO[C@](O)(COc1ccc(C#N)cc1)C(=O)Nc1ccc(C#N)c(C(F)(F)F)c1. The van der Waals surface area contributed by atoms with Crippen molar-refractivity contribution in [2.45, 2.75) is 12.0 Å². The van der Waals surface area contributed by atoms with Crippen LogP contribution < -0.4 is 10.1 Å². The lowest BCUT2D eigenvalue weighted by Crippen LogP contribution is -2.49. The first-order valence-electron chi connectivity index (χ1n) is 7.96. The van der Waals surface area contributed by atoms with Gasteiger partial charge in [-0.3, -0.25) is 4.79 Å². The average molecular weight is 405 g/mol. The molecule has 0 aromatic heterocycles. The summed E-state index contributed by atoms with van der Waals surface area (Å²) in [5, 5.41) is 30.0. The van der Waals surface area contributed by atoms with Gasteiger partial charge in [-0.05, 0) is 42.5 Å². The maximum Gasteiger partial charge on any atom is 0.417 e. The van der Waals surface area contributed by atoms with Gasteiger partial charge in [0, 0.05) is 12.8 Å². The zero-order valence-electron chi connectivity index (χ0n) is 14.9. The summed E-state index contributed by atoms with van der Waals surface area (Å²) >= 11 is 0. The number of halogens is 3. The minimum absolute atomic E-state index is 0.227. The van der Waals surface area contributed by atoms with E-state index in [0.717, 1.165) is 19.2 Å². The third-order valence-corrected chi connectivity index (χ3v) is 3.81. The van der Waals surface area contributed by atoms with E-state index in [1.165, 1.54) is 30.3 Å². The molecule has 0 heterocycles. The number of amides is 1. The number of nitriles is 2. The van der Waals surface area contributed by atoms with E-state index < -0.39 is 35.6 Å². The Hall–Kier alpha value is -3.60. The molecule has 0 unspecified atom stereocenters. The van der Waals surface area contributed by atoms with Gasteiger partial charge in [-0.15, -0.1) is 0 Å². The van der Waals surface area contributed by atoms with Crippen LogP contribution in [0.4, 0.5) is 18.9 Å². The molecule has 2 aromatic rings. The standard InChI is InChI=1S/C19H14F3N3O4/c1-28-18(27,11-29-15-6-2-12(9-23)3-7-15)17(26)25-14-5-4-13(10-24)16(8-14)19(20,21)22/h2-8,27H,11H2,1H3,(H,25,26)/t18-/m1/s1. The molecule has 2 aromatic carbocycles. The van der Waals surface area contributed by atoms with Crippen molar-refractivity contribution in [3.8, 4) is 17.9 Å². The van der Waals surface area contributed by atoms with E-state index in [1.807, 2.05) is 6.07 Å². The van der Waals surface area contributed by atoms with Crippen molar-refractivity contribution >= 4 is 11.6 Å². The second kappa shape index (κ2) is 8.61. The predicted octanol–water partition coefficient (Wildman–Crippen LogP) is 2.80. The number of carbonyl (C=O) groups is 1. The Kier molecular flexibility index (Phi) is 6.44. The van der Waals surface area contributed by atoms with Gasteiger partial charge >= 0.3 is 6.18 Å². The Morgan fingerprint density at radius 1 is 1.14 bits per heavy atom. The number of carbonyl (C=O) groups excluding carboxylic acids is 1. The van der Waals surface area contributed by atoms with E-state index in [2.05, 4.69) is 5.32 Å². The van der Waals surface area contributed by atoms with E-state index >= 15 is 0 Å². The summed E-state index contributed by atoms with van der Waals surface area (Å²) in [6, 6.07) is 11.7. The number of anilines is 1. The topological polar surface area (TPSA) is 115 Å². The van der Waals surface area contributed by atoms with Crippen LogP contribution in [0.15, 0.2) is 42.5 Å². The molecule has 0 radical (unpaired) electrons. The molecule has 0 bridgehead atoms. The summed E-state index contributed by atoms with van der Waals surface area (Å²) < 4.78 is 49.2. The number of hydrogen-bond acceptors (Lipinski definition) is 6. The van der Waals surface area contributed by atoms with Crippen LogP contribution in [0.2, 0.25) is 0 Å². The largest absolute Gasteiger partial charge is 0.487 e. The molecule has 0 fully saturated rings. The molecule has 7 nitrogen and oxygen atoms in total. The fourth-order valence-electron chi connectivity index (χ4n) is 2.21. The van der Waals surface area contributed by atoms with E-state index in [4.69, 9.17) is 20.0 Å². The van der Waals surface area contributed by atoms with Gasteiger partial charge in [0.2, 0.25) is 0 Å². The fourth-order valence-corrected chi connectivity index (χ4v) is 2.21. The average Bonchev–Trinajstić information content (AvgIpc) is 2.71. The normalized spacial score (nSPS) is 12.9. The number of ether oxygens (including phenoxy) is 2. The number of hydrogen-bond donors (Lipinski definition) is 2. The first-order valence-corrected chi connectivity index (χ1v) is 7.96. The zero-order valence-corrected chi connectivity index (χ0v) is 14.9. The monoisotopic (exact) mass is 405 g/mol. The molecule has 0 aliphatic carbocycles. The van der Waals surface area contributed by atoms with E-state index in [0.29, 0.717) is 11.6 Å². The number of rotatable bonds is 6. The first-order chi connectivity index (χ1) is 13.6. The Labute approximate surface area is 163 Å². The molecule has 10 heteroatoms. The van der Waals surface area contributed by atoms with Crippen LogP contribution in [0, 0.1) is 22.7 Å². The molecule has 0 saturated carbocycles. The van der Waals surface area contributed by atoms with Crippen molar-refractivity contribution in [1.82, 2.24) is 0 Å². The van der Waals surface area contributed by atoms with Crippen molar-refractivity contribution in [3.63, 3.8) is 0 Å². The molecule has 0 aliphatic heterocycles. The second-order valence-corrected chi connectivity index (χ2v) is 5.74. The zero-order chi connectivity index (χ0) is 21.7. The Morgan fingerprint density at radius 2 is 1.79 bits per heavy atom. The quantitative estimate of drug-likeness (QED) is 0.714. The lowest BCUT2D eigenvalue weighted by molar-refractivity contribution is -0.202. The molecule has 1 amide bonds. The maximum absolute atomic E-state index is 13.0. The summed E-state index contributed by atoms with van der Waals surface area (Å²) in [6.07, 6.45) is -4.80. The summed E-state index contributed by atoms with van der Waals surface area (Å²) in [5.41, 5.74) is -1.76. The van der Waals surface area contributed by atoms with Crippen LogP contribution in [-0.4, -0.2) is 30.5 Å². The van der Waals surface area contributed by atoms with Gasteiger partial charge in [0.1, 0.15) is 5.75 Å². The van der Waals surface area contributed by atoms with Crippen LogP contribution in [0.25, 0.3) is 0 Å². The molecule has 0 aliphatic rings. The van der Waals surface area contributed by atoms with Crippen molar-refractivity contribution in [2.24, 2.45) is 0 Å². The van der Waals surface area contributed by atoms with Gasteiger partial charge in [-0.2, -0.15) is 23.7 Å². The number of alkyl halides is 3. The number of nitrogens with one attached hydrogen (secondary N) is 1. The summed E-state index contributed by atoms with van der Waals surface area (Å²) in [6.45, 7) is -0.677. The Balaban J connectivity index is 2.16. The molecule has 0 spiro atoms. The smallest absolute Gasteiger partial charge is 0.417 e. The number of methoxy groups -OCH3 is 1. The Bertz CT molecular complexity index is 978. The lowest BCUT2D eigenvalue weighted by Gasteiger charge is -2.25. The van der Waals surface area contributed by atoms with Crippen LogP contribution >= 0.6 is 0 Å². The molecule has 29 heavy (non-hydrogen) atoms. The van der Waals surface area contributed by atoms with E-state index in [-0.39, 0.29) is 11.4 Å². The van der Waals surface area contributed by atoms with Gasteiger partial charge in [0.05, 0.1) is 28.8 Å². The fraction of sp³-hybridized carbons (Fsp3) is 0.211. The molecular weight excluding hydrogens is 391 g/mol. The lowest BCUT2D eigenvalue weighted by atomic mass is 10.1. The highest BCUT2D eigenvalue weighted by Crippen LogP contribution is 2.33. The first kappa shape index (κ1) is 21.7. The molecular formula is C19H14F3N3O4. The van der Waals surface area contributed by atoms with Crippen LogP contribution in [0.3, 0.4) is 0 Å². The van der Waals surface area contributed by atoms with Gasteiger partial charge in [-0.25, -0.2) is 0 Å². The number of nitrogens with zero attached hydrogens (tertiary/aromatic N) is 2. The molecule has 2 rings (SSSR count). The molecule has 0 saturated heterocycles. The van der Waals surface area contributed by atoms with Gasteiger partial charge in [0.25, 0.3) is 11.7 Å². The van der Waals surface area contributed by atoms with Crippen LogP contribution in [-0.2, 0) is 15.7 Å². The van der Waals surface area contributed by atoms with Gasteiger partial charge in [-0.1, -0.05) is 0 Å². The maximum atomic E-state index is 13.0. The highest BCUT2D eigenvalue weighted by atomic mass is 19.4. The van der Waals surface area contributed by atoms with Crippen molar-refractivity contribution < 1.29 is 32.5 Å². The summed E-state index contributed by atoms with van der Waals surface area (Å²) in [4.78, 5) is 12.3. The highest BCUT2D eigenvalue weighted by molar-refractivity contribution is 5.96.